The molecule has 0 saturated heterocycles. The van der Waals surface area contributed by atoms with E-state index in [1.54, 1.807) is 0 Å². The Labute approximate surface area is 347 Å². The summed E-state index contributed by atoms with van der Waals surface area (Å²) in [6.45, 7) is 5.61. The molecular formula is C47H93NO7P+. The summed E-state index contributed by atoms with van der Waals surface area (Å²) in [5, 5.41) is 0. The van der Waals surface area contributed by atoms with E-state index in [1.807, 2.05) is 21.1 Å². The third-order valence-electron chi connectivity index (χ3n) is 10.2. The summed E-state index contributed by atoms with van der Waals surface area (Å²) in [4.78, 5) is 22.9. The van der Waals surface area contributed by atoms with Crippen LogP contribution >= 0.6 is 7.82 Å². The number of esters is 1. The predicted octanol–water partition coefficient (Wildman–Crippen LogP) is 14.0. The average Bonchev–Trinajstić information content (AvgIpc) is 3.15. The summed E-state index contributed by atoms with van der Waals surface area (Å²) in [6, 6.07) is 0. The van der Waals surface area contributed by atoms with Crippen molar-refractivity contribution in [3.63, 3.8) is 0 Å². The molecule has 0 spiro atoms. The molecule has 0 saturated carbocycles. The van der Waals surface area contributed by atoms with Crippen LogP contribution in [0.4, 0.5) is 0 Å². The first-order valence-corrected chi connectivity index (χ1v) is 25.1. The first-order chi connectivity index (χ1) is 27.1. The lowest BCUT2D eigenvalue weighted by Crippen LogP contribution is -2.37. The molecule has 0 aromatic carbocycles. The van der Waals surface area contributed by atoms with Crippen molar-refractivity contribution >= 4 is 13.8 Å². The molecule has 0 aromatic rings. The number of rotatable bonds is 44. The molecule has 0 bridgehead atoms. The number of nitrogens with zero attached hydrogens (tertiary/aromatic N) is 1. The number of phosphoric ester groups is 1. The highest BCUT2D eigenvalue weighted by Crippen LogP contribution is 2.43. The highest BCUT2D eigenvalue weighted by molar-refractivity contribution is 7.47. The predicted molar refractivity (Wildman–Crippen MR) is 238 cm³/mol. The fourth-order valence-electron chi connectivity index (χ4n) is 6.54. The number of quaternary nitrogens is 1. The van der Waals surface area contributed by atoms with Gasteiger partial charge in [-0.05, 0) is 64.2 Å². The molecule has 8 nitrogen and oxygen atoms in total. The maximum absolute atomic E-state index is 12.7. The van der Waals surface area contributed by atoms with Crippen molar-refractivity contribution in [2.75, 3.05) is 54.1 Å². The number of carbonyl (C=O) groups is 1. The van der Waals surface area contributed by atoms with Gasteiger partial charge in [-0.1, -0.05) is 167 Å². The largest absolute Gasteiger partial charge is 0.472 e. The molecule has 0 rings (SSSR count). The Morgan fingerprint density at radius 1 is 0.536 bits per heavy atom. The first-order valence-electron chi connectivity index (χ1n) is 23.6. The number of hydrogen-bond donors (Lipinski definition) is 1. The number of hydrogen-bond acceptors (Lipinski definition) is 6. The van der Waals surface area contributed by atoms with Crippen molar-refractivity contribution in [2.24, 2.45) is 0 Å². The summed E-state index contributed by atoms with van der Waals surface area (Å²) in [7, 11) is 1.67. The van der Waals surface area contributed by atoms with Crippen molar-refractivity contribution < 1.29 is 37.3 Å². The van der Waals surface area contributed by atoms with Crippen LogP contribution in [0, 0.1) is 0 Å². The molecule has 332 valence electrons. The Bertz CT molecular complexity index is 951. The highest BCUT2D eigenvalue weighted by Gasteiger charge is 2.26. The van der Waals surface area contributed by atoms with Gasteiger partial charge in [-0.15, -0.1) is 0 Å². The lowest BCUT2D eigenvalue weighted by Gasteiger charge is -2.24. The Hall–Kier alpha value is -1.02. The molecule has 0 aliphatic heterocycles. The van der Waals surface area contributed by atoms with Gasteiger partial charge in [0.25, 0.3) is 0 Å². The average molecular weight is 815 g/mol. The van der Waals surface area contributed by atoms with Gasteiger partial charge < -0.3 is 18.9 Å². The van der Waals surface area contributed by atoms with Gasteiger partial charge in [-0.3, -0.25) is 13.8 Å². The summed E-state index contributed by atoms with van der Waals surface area (Å²) in [5.41, 5.74) is 0. The second-order valence-electron chi connectivity index (χ2n) is 17.1. The number of likely N-dealkylation sites (N-methyl/N-ethyl adjacent to an activating group) is 1. The van der Waals surface area contributed by atoms with Crippen molar-refractivity contribution in [1.29, 1.82) is 0 Å². The zero-order valence-corrected chi connectivity index (χ0v) is 38.5. The molecule has 2 atom stereocenters. The van der Waals surface area contributed by atoms with Crippen LogP contribution in [0.5, 0.6) is 0 Å². The van der Waals surface area contributed by atoms with Gasteiger partial charge in [-0.2, -0.15) is 0 Å². The molecule has 2 unspecified atom stereocenters. The number of carbonyl (C=O) groups excluding carboxylic acids is 1. The van der Waals surface area contributed by atoms with E-state index < -0.39 is 13.9 Å². The minimum absolute atomic E-state index is 0.0883. The molecule has 0 fully saturated rings. The van der Waals surface area contributed by atoms with E-state index >= 15 is 0 Å². The zero-order chi connectivity index (χ0) is 41.3. The maximum atomic E-state index is 12.7. The maximum Gasteiger partial charge on any atom is 0.472 e. The molecule has 0 heterocycles. The monoisotopic (exact) mass is 815 g/mol. The second kappa shape index (κ2) is 40.7. The number of allylic oxidation sites excluding steroid dienone is 4. The van der Waals surface area contributed by atoms with E-state index in [1.165, 1.54) is 161 Å². The van der Waals surface area contributed by atoms with Gasteiger partial charge >= 0.3 is 13.8 Å². The van der Waals surface area contributed by atoms with Gasteiger partial charge in [0.1, 0.15) is 19.3 Å². The van der Waals surface area contributed by atoms with Crippen molar-refractivity contribution in [2.45, 2.75) is 219 Å². The number of unbranched alkanes of at least 4 members (excludes halogenated alkanes) is 26. The van der Waals surface area contributed by atoms with Crippen LogP contribution in [-0.4, -0.2) is 75.6 Å². The molecule has 0 aliphatic rings. The minimum atomic E-state index is -4.27. The van der Waals surface area contributed by atoms with Crippen LogP contribution in [-0.2, 0) is 27.9 Å². The third kappa shape index (κ3) is 44.1. The van der Waals surface area contributed by atoms with Gasteiger partial charge in [0.15, 0.2) is 0 Å². The molecule has 0 amide bonds. The molecule has 0 aromatic heterocycles. The van der Waals surface area contributed by atoms with Crippen LogP contribution in [0.2, 0.25) is 0 Å². The molecule has 56 heavy (non-hydrogen) atoms. The molecular weight excluding hydrogens is 721 g/mol. The van der Waals surface area contributed by atoms with Crippen LogP contribution in [0.15, 0.2) is 24.3 Å². The molecule has 0 aliphatic carbocycles. The zero-order valence-electron chi connectivity index (χ0n) is 37.6. The van der Waals surface area contributed by atoms with E-state index in [2.05, 4.69) is 38.2 Å². The van der Waals surface area contributed by atoms with E-state index in [-0.39, 0.29) is 25.8 Å². The Morgan fingerprint density at radius 3 is 1.39 bits per heavy atom. The first kappa shape index (κ1) is 55.0. The fraction of sp³-hybridized carbons (Fsp3) is 0.894. The number of phosphoric acid groups is 1. The van der Waals surface area contributed by atoms with E-state index in [0.717, 1.165) is 32.1 Å². The minimum Gasteiger partial charge on any atom is -0.457 e. The second-order valence-corrected chi connectivity index (χ2v) is 18.6. The van der Waals surface area contributed by atoms with Crippen LogP contribution in [0.25, 0.3) is 0 Å². The highest BCUT2D eigenvalue weighted by atomic mass is 31.2. The van der Waals surface area contributed by atoms with Gasteiger partial charge in [0, 0.05) is 13.0 Å². The SMILES string of the molecule is CCCCC/C=C\CCCCCCCCOCC(COP(=O)(O)OCC[N+](C)(C)C)OC(=O)CCCCCCCCCCC/C=C\CCCCCCCCCC. The van der Waals surface area contributed by atoms with E-state index in [4.69, 9.17) is 18.5 Å². The van der Waals surface area contributed by atoms with E-state index in [0.29, 0.717) is 24.1 Å². The summed E-state index contributed by atoms with van der Waals surface area (Å²) < 4.78 is 35.0. The normalized spacial score (nSPS) is 13.9. The van der Waals surface area contributed by atoms with E-state index in [9.17, 15) is 14.3 Å². The summed E-state index contributed by atoms with van der Waals surface area (Å²) in [5.74, 6) is -0.316. The number of ether oxygens (including phenoxy) is 2. The van der Waals surface area contributed by atoms with Crippen LogP contribution in [0.3, 0.4) is 0 Å². The standard InChI is InChI=1S/C47H92NO7P/c1-6-8-10-12-14-16-18-20-21-22-23-24-25-26-27-28-30-32-34-36-38-40-47(49)55-46(45-54-56(50,51)53-43-41-48(3,4)5)44-52-42-39-37-35-33-31-29-19-17-15-13-11-9-7-2/h15,17,22-23,46H,6-14,16,18-21,24-45H2,1-5H3/p+1/b17-15-,23-22-. The summed E-state index contributed by atoms with van der Waals surface area (Å²) in [6.07, 6.45) is 46.4. The van der Waals surface area contributed by atoms with Crippen molar-refractivity contribution in [1.82, 2.24) is 0 Å². The lowest BCUT2D eigenvalue weighted by molar-refractivity contribution is -0.870. The van der Waals surface area contributed by atoms with Crippen molar-refractivity contribution in [3.8, 4) is 0 Å². The Kier molecular flexibility index (Phi) is 40.0. The lowest BCUT2D eigenvalue weighted by atomic mass is 10.1. The molecule has 9 heteroatoms. The Balaban J connectivity index is 4.15. The Morgan fingerprint density at radius 2 is 0.929 bits per heavy atom. The molecule has 0 radical (unpaired) electrons. The molecule has 1 N–H and O–H groups in total. The summed E-state index contributed by atoms with van der Waals surface area (Å²) >= 11 is 0. The smallest absolute Gasteiger partial charge is 0.457 e. The topological polar surface area (TPSA) is 91.3 Å². The quantitative estimate of drug-likeness (QED) is 0.0215. The third-order valence-corrected chi connectivity index (χ3v) is 11.2. The van der Waals surface area contributed by atoms with Gasteiger partial charge in [-0.25, -0.2) is 4.57 Å². The van der Waals surface area contributed by atoms with Crippen LogP contribution < -0.4 is 0 Å². The van der Waals surface area contributed by atoms with Crippen LogP contribution in [0.1, 0.15) is 213 Å². The van der Waals surface area contributed by atoms with Gasteiger partial charge in [0.05, 0.1) is 34.4 Å². The fourth-order valence-corrected chi connectivity index (χ4v) is 7.28. The van der Waals surface area contributed by atoms with Crippen molar-refractivity contribution in [3.05, 3.63) is 24.3 Å². The van der Waals surface area contributed by atoms with Gasteiger partial charge in [0.2, 0.25) is 0 Å².